The van der Waals surface area contributed by atoms with Crippen LogP contribution in [0, 0.1) is 5.92 Å². The minimum absolute atomic E-state index is 0.0836. The minimum atomic E-state index is -0.272. The van der Waals surface area contributed by atoms with Crippen LogP contribution in [0.2, 0.25) is 0 Å². The average Bonchev–Trinajstić information content (AvgIpc) is 2.87. The molecule has 18 heavy (non-hydrogen) atoms. The van der Waals surface area contributed by atoms with Crippen LogP contribution in [0.25, 0.3) is 0 Å². The van der Waals surface area contributed by atoms with Gasteiger partial charge in [-0.2, -0.15) is 0 Å². The van der Waals surface area contributed by atoms with E-state index in [-0.39, 0.29) is 17.8 Å². The van der Waals surface area contributed by atoms with E-state index in [4.69, 9.17) is 9.47 Å². The van der Waals surface area contributed by atoms with Crippen molar-refractivity contribution >= 4 is 0 Å². The van der Waals surface area contributed by atoms with Crippen molar-refractivity contribution in [1.82, 2.24) is 0 Å². The van der Waals surface area contributed by atoms with E-state index in [2.05, 4.69) is 0 Å². The van der Waals surface area contributed by atoms with Gasteiger partial charge >= 0.3 is 0 Å². The summed E-state index contributed by atoms with van der Waals surface area (Å²) >= 11 is 0. The Morgan fingerprint density at radius 3 is 2.56 bits per heavy atom. The van der Waals surface area contributed by atoms with Gasteiger partial charge in [-0.1, -0.05) is 12.8 Å². The quantitative estimate of drug-likeness (QED) is 0.823. The molecule has 0 aromatic rings. The molecule has 2 saturated heterocycles. The third-order valence-electron chi connectivity index (χ3n) is 5.12. The summed E-state index contributed by atoms with van der Waals surface area (Å²) in [5.74, 6) is 0.389. The van der Waals surface area contributed by atoms with Gasteiger partial charge in [0, 0.05) is 13.2 Å². The third kappa shape index (κ3) is 2.59. The van der Waals surface area contributed by atoms with Gasteiger partial charge in [-0.25, -0.2) is 0 Å². The molecule has 3 nitrogen and oxygen atoms in total. The van der Waals surface area contributed by atoms with Crippen molar-refractivity contribution in [2.24, 2.45) is 5.92 Å². The van der Waals surface area contributed by atoms with E-state index in [0.29, 0.717) is 5.92 Å². The summed E-state index contributed by atoms with van der Waals surface area (Å²) < 4.78 is 11.8. The number of hydrogen-bond donors (Lipinski definition) is 1. The molecule has 0 aromatic heterocycles. The Bertz CT molecular complexity index is 267. The zero-order valence-electron chi connectivity index (χ0n) is 11.3. The maximum atomic E-state index is 10.6. The lowest BCUT2D eigenvalue weighted by Gasteiger charge is -2.42. The Balaban J connectivity index is 1.60. The molecule has 1 N–H and O–H groups in total. The van der Waals surface area contributed by atoms with Crippen molar-refractivity contribution < 1.29 is 14.6 Å². The molecule has 1 spiro atoms. The molecular weight excluding hydrogens is 228 g/mol. The number of aliphatic hydroxyl groups is 1. The summed E-state index contributed by atoms with van der Waals surface area (Å²) in [5, 5.41) is 10.6. The van der Waals surface area contributed by atoms with Gasteiger partial charge in [0.05, 0.1) is 17.8 Å². The highest BCUT2D eigenvalue weighted by Crippen LogP contribution is 2.43. The maximum absolute atomic E-state index is 10.6. The maximum Gasteiger partial charge on any atom is 0.0836 e. The summed E-state index contributed by atoms with van der Waals surface area (Å²) in [6.07, 6.45) is 10.2. The highest BCUT2D eigenvalue weighted by Gasteiger charge is 2.43. The lowest BCUT2D eigenvalue weighted by Crippen LogP contribution is -2.45. The van der Waals surface area contributed by atoms with Crippen LogP contribution < -0.4 is 0 Å². The largest absolute Gasteiger partial charge is 0.390 e. The molecule has 3 heteroatoms. The van der Waals surface area contributed by atoms with Crippen molar-refractivity contribution in [2.75, 3.05) is 13.2 Å². The highest BCUT2D eigenvalue weighted by atomic mass is 16.5. The first-order chi connectivity index (χ1) is 8.79. The molecule has 0 amide bonds. The van der Waals surface area contributed by atoms with Crippen LogP contribution in [-0.2, 0) is 9.47 Å². The van der Waals surface area contributed by atoms with Crippen molar-refractivity contribution in [3.8, 4) is 0 Å². The molecule has 2 aliphatic heterocycles. The molecule has 1 saturated carbocycles. The molecule has 104 valence electrons. The van der Waals surface area contributed by atoms with Crippen LogP contribution >= 0.6 is 0 Å². The Labute approximate surface area is 110 Å². The fraction of sp³-hybridized carbons (Fsp3) is 1.00. The summed E-state index contributed by atoms with van der Waals surface area (Å²) in [6.45, 7) is 1.66. The van der Waals surface area contributed by atoms with E-state index in [0.717, 1.165) is 38.9 Å². The Kier molecular flexibility index (Phi) is 3.92. The first-order valence-corrected chi connectivity index (χ1v) is 7.73. The van der Waals surface area contributed by atoms with E-state index in [1.54, 1.807) is 0 Å². The van der Waals surface area contributed by atoms with Crippen molar-refractivity contribution in [2.45, 2.75) is 75.6 Å². The van der Waals surface area contributed by atoms with Crippen molar-refractivity contribution in [3.05, 3.63) is 0 Å². The van der Waals surface area contributed by atoms with E-state index < -0.39 is 0 Å². The number of aliphatic hydroxyl groups excluding tert-OH is 1. The molecule has 3 unspecified atom stereocenters. The number of ether oxygens (including phenoxy) is 2. The van der Waals surface area contributed by atoms with Crippen molar-refractivity contribution in [3.63, 3.8) is 0 Å². The second kappa shape index (κ2) is 5.48. The van der Waals surface area contributed by atoms with Gasteiger partial charge in [-0.15, -0.1) is 0 Å². The van der Waals surface area contributed by atoms with Crippen molar-refractivity contribution in [1.29, 1.82) is 0 Å². The molecule has 1 aliphatic carbocycles. The SMILES string of the molecule is OC(C1CCOC2(CCCC2)C1)C1CCCCO1. The standard InChI is InChI=1S/C15H26O3/c16-14(13-5-1-4-9-17-13)12-6-10-18-15(11-12)7-2-3-8-15/h12-14,16H,1-11H2. The average molecular weight is 254 g/mol. The molecule has 0 bridgehead atoms. The predicted molar refractivity (Wildman–Crippen MR) is 69.5 cm³/mol. The lowest BCUT2D eigenvalue weighted by atomic mass is 9.79. The van der Waals surface area contributed by atoms with Crippen LogP contribution in [0.15, 0.2) is 0 Å². The highest BCUT2D eigenvalue weighted by molar-refractivity contribution is 4.94. The molecule has 3 atom stereocenters. The van der Waals surface area contributed by atoms with E-state index >= 15 is 0 Å². The fourth-order valence-corrected chi connectivity index (χ4v) is 4.06. The molecule has 3 aliphatic rings. The Morgan fingerprint density at radius 2 is 1.83 bits per heavy atom. The van der Waals surface area contributed by atoms with Crippen LogP contribution in [0.1, 0.15) is 57.8 Å². The topological polar surface area (TPSA) is 38.7 Å². The summed E-state index contributed by atoms with van der Waals surface area (Å²) in [7, 11) is 0. The second-order valence-electron chi connectivity index (χ2n) is 6.39. The zero-order chi connectivity index (χ0) is 12.4. The Morgan fingerprint density at radius 1 is 1.00 bits per heavy atom. The second-order valence-corrected chi connectivity index (χ2v) is 6.39. The molecule has 3 rings (SSSR count). The third-order valence-corrected chi connectivity index (χ3v) is 5.12. The van der Waals surface area contributed by atoms with Gasteiger partial charge in [0.1, 0.15) is 0 Å². The van der Waals surface area contributed by atoms with E-state index in [1.165, 1.54) is 32.1 Å². The summed E-state index contributed by atoms with van der Waals surface area (Å²) in [5.41, 5.74) is 0.110. The first kappa shape index (κ1) is 12.9. The van der Waals surface area contributed by atoms with Gasteiger partial charge < -0.3 is 14.6 Å². The van der Waals surface area contributed by atoms with Crippen LogP contribution in [0.4, 0.5) is 0 Å². The monoisotopic (exact) mass is 254 g/mol. The van der Waals surface area contributed by atoms with Crippen LogP contribution in [0.3, 0.4) is 0 Å². The number of hydrogen-bond acceptors (Lipinski definition) is 3. The van der Waals surface area contributed by atoms with Gasteiger partial charge in [-0.05, 0) is 50.9 Å². The van der Waals surface area contributed by atoms with Gasteiger partial charge in [-0.3, -0.25) is 0 Å². The number of rotatable bonds is 2. The molecule has 0 radical (unpaired) electrons. The molecular formula is C15H26O3. The van der Waals surface area contributed by atoms with Crippen LogP contribution in [-0.4, -0.2) is 36.1 Å². The van der Waals surface area contributed by atoms with Gasteiger partial charge in [0.25, 0.3) is 0 Å². The lowest BCUT2D eigenvalue weighted by molar-refractivity contribution is -0.143. The van der Waals surface area contributed by atoms with Gasteiger partial charge in [0.15, 0.2) is 0 Å². The summed E-state index contributed by atoms with van der Waals surface area (Å²) in [4.78, 5) is 0. The molecule has 3 fully saturated rings. The van der Waals surface area contributed by atoms with Gasteiger partial charge in [0.2, 0.25) is 0 Å². The normalized spacial score (nSPS) is 37.8. The minimum Gasteiger partial charge on any atom is -0.390 e. The molecule has 0 aromatic carbocycles. The van der Waals surface area contributed by atoms with E-state index in [1.807, 2.05) is 0 Å². The summed E-state index contributed by atoms with van der Waals surface area (Å²) in [6, 6.07) is 0. The first-order valence-electron chi connectivity index (χ1n) is 7.73. The van der Waals surface area contributed by atoms with Crippen LogP contribution in [0.5, 0.6) is 0 Å². The zero-order valence-corrected chi connectivity index (χ0v) is 11.3. The van der Waals surface area contributed by atoms with E-state index in [9.17, 15) is 5.11 Å². The predicted octanol–water partition coefficient (Wildman–Crippen LogP) is 2.66. The molecule has 2 heterocycles. The fourth-order valence-electron chi connectivity index (χ4n) is 4.06. The Hall–Kier alpha value is -0.120. The smallest absolute Gasteiger partial charge is 0.0836 e.